The van der Waals surface area contributed by atoms with Gasteiger partial charge in [-0.2, -0.15) is 5.26 Å². The van der Waals surface area contributed by atoms with Crippen LogP contribution in [-0.4, -0.2) is 48.0 Å². The van der Waals surface area contributed by atoms with Gasteiger partial charge < -0.3 is 15.2 Å². The molecule has 0 aliphatic rings. The molecule has 0 aliphatic carbocycles. The van der Waals surface area contributed by atoms with Crippen LogP contribution < -0.4 is 5.32 Å². The van der Waals surface area contributed by atoms with Gasteiger partial charge in [0.2, 0.25) is 0 Å². The van der Waals surface area contributed by atoms with Crippen molar-refractivity contribution < 1.29 is 24.2 Å². The first-order valence-corrected chi connectivity index (χ1v) is 6.23. The third-order valence-electron chi connectivity index (χ3n) is 2.83. The van der Waals surface area contributed by atoms with E-state index in [0.717, 1.165) is 12.0 Å². The number of rotatable bonds is 4. The molecule has 0 aliphatic heterocycles. The summed E-state index contributed by atoms with van der Waals surface area (Å²) in [6.45, 7) is 0. The Morgan fingerprint density at radius 1 is 1.36 bits per heavy atom. The molecule has 1 unspecified atom stereocenters. The van der Waals surface area contributed by atoms with E-state index in [0.29, 0.717) is 5.56 Å². The molecule has 2 amide bonds. The number of likely N-dealkylation sites (N-methyl/N-ethyl adjacent to an activating group) is 1. The van der Waals surface area contributed by atoms with Crippen LogP contribution in [0.25, 0.3) is 0 Å². The molecule has 0 saturated carbocycles. The number of nitrogens with zero attached hydrogens (tertiary/aromatic N) is 2. The predicted octanol–water partition coefficient (Wildman–Crippen LogP) is -0.468. The highest BCUT2D eigenvalue weighted by atomic mass is 16.5. The average Bonchev–Trinajstić information content (AvgIpc) is 2.53. The first-order valence-electron chi connectivity index (χ1n) is 6.23. The van der Waals surface area contributed by atoms with Crippen molar-refractivity contribution in [2.24, 2.45) is 0 Å². The number of phenolic OH excluding ortho intramolecular Hbond substituents is 1. The molecule has 116 valence electrons. The summed E-state index contributed by atoms with van der Waals surface area (Å²) in [5, 5.41) is 20.2. The molecular weight excluding hydrogens is 290 g/mol. The first kappa shape index (κ1) is 17.0. The van der Waals surface area contributed by atoms with Crippen LogP contribution in [0.4, 0.5) is 0 Å². The minimum absolute atomic E-state index is 0.0495. The topological polar surface area (TPSA) is 120 Å². The van der Waals surface area contributed by atoms with Crippen LogP contribution in [0.3, 0.4) is 0 Å². The van der Waals surface area contributed by atoms with Gasteiger partial charge in [-0.1, -0.05) is 12.1 Å². The number of phenols is 1. The summed E-state index contributed by atoms with van der Waals surface area (Å²) in [5.74, 6) is -2.83. The largest absolute Gasteiger partial charge is 0.508 e. The maximum atomic E-state index is 12.1. The molecule has 22 heavy (non-hydrogen) atoms. The Balaban J connectivity index is 2.93. The third kappa shape index (κ3) is 4.49. The molecule has 1 rings (SSSR count). The minimum Gasteiger partial charge on any atom is -0.508 e. The Morgan fingerprint density at radius 2 is 1.95 bits per heavy atom. The van der Waals surface area contributed by atoms with Gasteiger partial charge in [-0.3, -0.25) is 14.5 Å². The fourth-order valence-electron chi connectivity index (χ4n) is 1.66. The van der Waals surface area contributed by atoms with Crippen molar-refractivity contribution in [3.8, 4) is 11.9 Å². The van der Waals surface area contributed by atoms with Crippen molar-refractivity contribution in [3.05, 3.63) is 29.8 Å². The number of nitriles is 1. The number of esters is 1. The number of aromatic hydroxyl groups is 1. The zero-order valence-corrected chi connectivity index (χ0v) is 12.1. The van der Waals surface area contributed by atoms with Gasteiger partial charge in [-0.05, 0) is 17.7 Å². The fourth-order valence-corrected chi connectivity index (χ4v) is 1.66. The number of ether oxygens (including phenoxy) is 1. The van der Waals surface area contributed by atoms with Gasteiger partial charge in [-0.15, -0.1) is 0 Å². The van der Waals surface area contributed by atoms with Crippen molar-refractivity contribution in [1.29, 1.82) is 5.26 Å². The van der Waals surface area contributed by atoms with E-state index in [-0.39, 0.29) is 12.2 Å². The second-order valence-corrected chi connectivity index (χ2v) is 4.39. The maximum Gasteiger partial charge on any atom is 0.396 e. The quantitative estimate of drug-likeness (QED) is 0.336. The molecule has 0 bridgehead atoms. The molecule has 8 heteroatoms. The molecule has 1 aromatic rings. The number of nitrogens with one attached hydrogen (secondary N) is 1. The highest BCUT2D eigenvalue weighted by Crippen LogP contribution is 2.12. The van der Waals surface area contributed by atoms with Crippen LogP contribution in [0.2, 0.25) is 0 Å². The number of amides is 2. The van der Waals surface area contributed by atoms with Crippen LogP contribution in [0.5, 0.6) is 5.75 Å². The molecule has 1 atom stereocenters. The molecule has 8 nitrogen and oxygen atoms in total. The number of hydrogen-bond donors (Lipinski definition) is 2. The minimum atomic E-state index is -1.14. The van der Waals surface area contributed by atoms with E-state index in [2.05, 4.69) is 10.1 Å². The standard InChI is InChI=1S/C14H15N3O5/c1-17(8-15)13(20)11(16-12(19)14(21)22-2)7-9-3-5-10(18)6-4-9/h3-6,11,18H,7H2,1-2H3,(H,16,19). The lowest BCUT2D eigenvalue weighted by Gasteiger charge is -2.19. The van der Waals surface area contributed by atoms with E-state index >= 15 is 0 Å². The molecule has 0 fully saturated rings. The third-order valence-corrected chi connectivity index (χ3v) is 2.83. The number of carbonyl (C=O) groups excluding carboxylic acids is 3. The Morgan fingerprint density at radius 3 is 2.45 bits per heavy atom. The van der Waals surface area contributed by atoms with E-state index in [1.54, 1.807) is 18.3 Å². The van der Waals surface area contributed by atoms with E-state index in [1.807, 2.05) is 0 Å². The van der Waals surface area contributed by atoms with Crippen molar-refractivity contribution in [2.45, 2.75) is 12.5 Å². The second-order valence-electron chi connectivity index (χ2n) is 4.39. The summed E-state index contributed by atoms with van der Waals surface area (Å²) in [6.07, 6.45) is 1.68. The average molecular weight is 305 g/mol. The Labute approximate surface area is 126 Å². The summed E-state index contributed by atoms with van der Waals surface area (Å²) in [5.41, 5.74) is 0.632. The molecular formula is C14H15N3O5. The summed E-state index contributed by atoms with van der Waals surface area (Å²) in [7, 11) is 2.29. The van der Waals surface area contributed by atoms with Crippen LogP contribution in [0.15, 0.2) is 24.3 Å². The normalized spacial score (nSPS) is 11.0. The summed E-state index contributed by atoms with van der Waals surface area (Å²) < 4.78 is 4.27. The first-order chi connectivity index (χ1) is 10.4. The molecule has 0 heterocycles. The Kier molecular flexibility index (Phi) is 5.89. The Hall–Kier alpha value is -3.08. The number of methoxy groups -OCH3 is 1. The highest BCUT2D eigenvalue weighted by molar-refractivity contribution is 6.32. The molecule has 2 N–H and O–H groups in total. The lowest BCUT2D eigenvalue weighted by Crippen LogP contribution is -2.49. The Bertz CT molecular complexity index is 606. The van der Waals surface area contributed by atoms with Crippen LogP contribution in [0, 0.1) is 11.5 Å². The molecule has 0 saturated heterocycles. The summed E-state index contributed by atoms with van der Waals surface area (Å²) in [6, 6.07) is 4.86. The van der Waals surface area contributed by atoms with E-state index in [9.17, 15) is 19.5 Å². The van der Waals surface area contributed by atoms with Gasteiger partial charge in [0, 0.05) is 13.5 Å². The highest BCUT2D eigenvalue weighted by Gasteiger charge is 2.27. The summed E-state index contributed by atoms with van der Waals surface area (Å²) >= 11 is 0. The lowest BCUT2D eigenvalue weighted by molar-refractivity contribution is -0.153. The lowest BCUT2D eigenvalue weighted by atomic mass is 10.0. The number of hydrogen-bond acceptors (Lipinski definition) is 6. The van der Waals surface area contributed by atoms with Gasteiger partial charge >= 0.3 is 11.9 Å². The molecule has 0 spiro atoms. The van der Waals surface area contributed by atoms with Crippen molar-refractivity contribution in [1.82, 2.24) is 10.2 Å². The van der Waals surface area contributed by atoms with Gasteiger partial charge in [0.25, 0.3) is 5.91 Å². The summed E-state index contributed by atoms with van der Waals surface area (Å²) in [4.78, 5) is 35.5. The van der Waals surface area contributed by atoms with Gasteiger partial charge in [0.05, 0.1) is 7.11 Å². The fraction of sp³-hybridized carbons (Fsp3) is 0.286. The van der Waals surface area contributed by atoms with Crippen LogP contribution in [0.1, 0.15) is 5.56 Å². The van der Waals surface area contributed by atoms with Gasteiger partial charge in [0.1, 0.15) is 11.8 Å². The van der Waals surface area contributed by atoms with Crippen molar-refractivity contribution in [2.75, 3.05) is 14.2 Å². The SMILES string of the molecule is COC(=O)C(=O)NC(Cc1ccc(O)cc1)C(=O)N(C)C#N. The monoisotopic (exact) mass is 305 g/mol. The van der Waals surface area contributed by atoms with Crippen LogP contribution in [-0.2, 0) is 25.5 Å². The van der Waals surface area contributed by atoms with Gasteiger partial charge in [-0.25, -0.2) is 4.79 Å². The zero-order chi connectivity index (χ0) is 16.7. The van der Waals surface area contributed by atoms with Crippen LogP contribution >= 0.6 is 0 Å². The van der Waals surface area contributed by atoms with Crippen molar-refractivity contribution in [3.63, 3.8) is 0 Å². The zero-order valence-electron chi connectivity index (χ0n) is 12.1. The molecule has 1 aromatic carbocycles. The molecule has 0 radical (unpaired) electrons. The van der Waals surface area contributed by atoms with Crippen molar-refractivity contribution >= 4 is 17.8 Å². The second kappa shape index (κ2) is 7.64. The van der Waals surface area contributed by atoms with E-state index in [4.69, 9.17) is 5.26 Å². The van der Waals surface area contributed by atoms with E-state index < -0.39 is 23.8 Å². The number of benzene rings is 1. The maximum absolute atomic E-state index is 12.1. The smallest absolute Gasteiger partial charge is 0.396 e. The van der Waals surface area contributed by atoms with Gasteiger partial charge in [0.15, 0.2) is 6.19 Å². The number of carbonyl (C=O) groups is 3. The van der Waals surface area contributed by atoms with E-state index in [1.165, 1.54) is 19.2 Å². The predicted molar refractivity (Wildman–Crippen MR) is 74.1 cm³/mol. The molecule has 0 aromatic heterocycles.